The molecule has 1 aromatic carbocycles. The van der Waals surface area contributed by atoms with Gasteiger partial charge in [-0.05, 0) is 49.1 Å². The van der Waals surface area contributed by atoms with Crippen molar-refractivity contribution < 1.29 is 9.13 Å². The van der Waals surface area contributed by atoms with Gasteiger partial charge < -0.3 is 4.74 Å². The van der Waals surface area contributed by atoms with Crippen molar-refractivity contribution in [1.82, 2.24) is 9.55 Å². The van der Waals surface area contributed by atoms with Crippen LogP contribution in [0, 0.1) is 5.82 Å². The van der Waals surface area contributed by atoms with E-state index in [0.29, 0.717) is 18.9 Å². The molecule has 2 aromatic heterocycles. The zero-order valence-electron chi connectivity index (χ0n) is 12.4. The fourth-order valence-electron chi connectivity index (χ4n) is 2.97. The van der Waals surface area contributed by atoms with Crippen molar-refractivity contribution in [1.29, 1.82) is 0 Å². The van der Waals surface area contributed by atoms with Crippen molar-refractivity contribution >= 4 is 21.6 Å². The van der Waals surface area contributed by atoms with Gasteiger partial charge in [-0.2, -0.15) is 0 Å². The molecule has 23 heavy (non-hydrogen) atoms. The number of hydrogen-bond donors (Lipinski definition) is 0. The first-order valence-corrected chi connectivity index (χ1v) is 8.42. The lowest BCUT2D eigenvalue weighted by Gasteiger charge is -2.08. The Morgan fingerprint density at radius 3 is 2.91 bits per heavy atom. The van der Waals surface area contributed by atoms with E-state index in [2.05, 4.69) is 4.98 Å². The maximum Gasteiger partial charge on any atom is 0.262 e. The van der Waals surface area contributed by atoms with Gasteiger partial charge in [0.15, 0.2) is 0 Å². The van der Waals surface area contributed by atoms with Crippen molar-refractivity contribution in [2.75, 3.05) is 6.61 Å². The molecular weight excluding hydrogens is 315 g/mol. The molecule has 0 amide bonds. The molecule has 0 spiro atoms. The van der Waals surface area contributed by atoms with E-state index in [1.165, 1.54) is 22.6 Å². The second-order valence-corrected chi connectivity index (χ2v) is 6.67. The lowest BCUT2D eigenvalue weighted by Crippen LogP contribution is -2.23. The lowest BCUT2D eigenvalue weighted by atomic mass is 10.2. The molecule has 0 radical (unpaired) electrons. The largest absolute Gasteiger partial charge is 0.492 e. The molecule has 0 bridgehead atoms. The van der Waals surface area contributed by atoms with Gasteiger partial charge in [-0.3, -0.25) is 9.36 Å². The summed E-state index contributed by atoms with van der Waals surface area (Å²) < 4.78 is 20.0. The van der Waals surface area contributed by atoms with Crippen LogP contribution in [0.5, 0.6) is 5.75 Å². The van der Waals surface area contributed by atoms with Gasteiger partial charge in [-0.15, -0.1) is 11.3 Å². The molecule has 118 valence electrons. The van der Waals surface area contributed by atoms with Crippen LogP contribution in [-0.2, 0) is 19.4 Å². The molecule has 0 atom stereocenters. The third-order valence-electron chi connectivity index (χ3n) is 4.11. The van der Waals surface area contributed by atoms with Crippen molar-refractivity contribution in [2.24, 2.45) is 0 Å². The highest BCUT2D eigenvalue weighted by molar-refractivity contribution is 7.18. The Kier molecular flexibility index (Phi) is 3.61. The predicted octanol–water partition coefficient (Wildman–Crippen LogP) is 3.16. The summed E-state index contributed by atoms with van der Waals surface area (Å²) in [7, 11) is 0. The smallest absolute Gasteiger partial charge is 0.262 e. The molecule has 1 aliphatic rings. The van der Waals surface area contributed by atoms with Crippen molar-refractivity contribution in [2.45, 2.75) is 25.8 Å². The Bertz CT molecular complexity index is 915. The lowest BCUT2D eigenvalue weighted by molar-refractivity contribution is 0.295. The number of rotatable bonds is 4. The van der Waals surface area contributed by atoms with Gasteiger partial charge in [0.1, 0.15) is 23.0 Å². The summed E-state index contributed by atoms with van der Waals surface area (Å²) in [6.07, 6.45) is 4.75. The van der Waals surface area contributed by atoms with E-state index >= 15 is 0 Å². The Morgan fingerprint density at radius 2 is 2.09 bits per heavy atom. The highest BCUT2D eigenvalue weighted by atomic mass is 32.1. The number of benzene rings is 1. The standard InChI is InChI=1S/C17H15FN2O2S/c18-11-4-6-12(7-5-11)22-9-8-20-10-19-16-15(17(20)21)13-2-1-3-14(13)23-16/h4-7,10H,1-3,8-9H2. The summed E-state index contributed by atoms with van der Waals surface area (Å²) in [4.78, 5) is 19.2. The van der Waals surface area contributed by atoms with Crippen molar-refractivity contribution in [3.05, 3.63) is 57.2 Å². The summed E-state index contributed by atoms with van der Waals surface area (Å²) in [5.74, 6) is 0.291. The summed E-state index contributed by atoms with van der Waals surface area (Å²) in [6.45, 7) is 0.759. The van der Waals surface area contributed by atoms with Gasteiger partial charge >= 0.3 is 0 Å². The SMILES string of the molecule is O=c1c2c3c(sc2ncn1CCOc1ccc(F)cc1)CCC3. The minimum Gasteiger partial charge on any atom is -0.492 e. The maximum absolute atomic E-state index is 12.8. The highest BCUT2D eigenvalue weighted by Crippen LogP contribution is 2.34. The molecule has 4 rings (SSSR count). The van der Waals surface area contributed by atoms with E-state index in [1.807, 2.05) is 0 Å². The quantitative estimate of drug-likeness (QED) is 0.738. The number of aryl methyl sites for hydroxylation is 2. The monoisotopic (exact) mass is 330 g/mol. The molecule has 4 nitrogen and oxygen atoms in total. The fourth-order valence-corrected chi connectivity index (χ4v) is 4.19. The van der Waals surface area contributed by atoms with Crippen LogP contribution in [0.25, 0.3) is 10.2 Å². The normalized spacial score (nSPS) is 13.4. The van der Waals surface area contributed by atoms with Gasteiger partial charge in [-0.1, -0.05) is 0 Å². The Morgan fingerprint density at radius 1 is 1.26 bits per heavy atom. The van der Waals surface area contributed by atoms with Crippen LogP contribution >= 0.6 is 11.3 Å². The molecule has 0 fully saturated rings. The van der Waals surface area contributed by atoms with Crippen LogP contribution in [0.2, 0.25) is 0 Å². The van der Waals surface area contributed by atoms with Gasteiger partial charge in [0.25, 0.3) is 5.56 Å². The third-order valence-corrected chi connectivity index (χ3v) is 5.31. The summed E-state index contributed by atoms with van der Waals surface area (Å²) in [5.41, 5.74) is 1.20. The van der Waals surface area contributed by atoms with E-state index in [1.54, 1.807) is 34.4 Å². The molecular formula is C17H15FN2O2S. The highest BCUT2D eigenvalue weighted by Gasteiger charge is 2.21. The van der Waals surface area contributed by atoms with Crippen molar-refractivity contribution in [3.8, 4) is 5.75 Å². The van der Waals surface area contributed by atoms with E-state index in [0.717, 1.165) is 29.5 Å². The molecule has 0 unspecified atom stereocenters. The Balaban J connectivity index is 1.54. The third kappa shape index (κ3) is 2.63. The number of nitrogens with zero attached hydrogens (tertiary/aromatic N) is 2. The molecule has 0 saturated carbocycles. The topological polar surface area (TPSA) is 44.1 Å². The molecule has 0 N–H and O–H groups in total. The second kappa shape index (κ2) is 5.77. The first-order valence-electron chi connectivity index (χ1n) is 7.60. The van der Waals surface area contributed by atoms with Crippen LogP contribution in [0.15, 0.2) is 35.4 Å². The fraction of sp³-hybridized carbons (Fsp3) is 0.294. The molecule has 0 aliphatic heterocycles. The maximum atomic E-state index is 12.8. The minimum atomic E-state index is -0.297. The van der Waals surface area contributed by atoms with Gasteiger partial charge in [0, 0.05) is 4.88 Å². The summed E-state index contributed by atoms with van der Waals surface area (Å²) in [5, 5.41) is 0.784. The molecule has 1 aliphatic carbocycles. The number of halogens is 1. The van der Waals surface area contributed by atoms with Crippen LogP contribution in [0.4, 0.5) is 4.39 Å². The van der Waals surface area contributed by atoms with Crippen LogP contribution in [-0.4, -0.2) is 16.2 Å². The number of ether oxygens (including phenoxy) is 1. The zero-order chi connectivity index (χ0) is 15.8. The Hall–Kier alpha value is -2.21. The van der Waals surface area contributed by atoms with Gasteiger partial charge in [-0.25, -0.2) is 9.37 Å². The number of hydrogen-bond acceptors (Lipinski definition) is 4. The number of aromatic nitrogens is 2. The van der Waals surface area contributed by atoms with Crippen LogP contribution < -0.4 is 10.3 Å². The van der Waals surface area contributed by atoms with Crippen molar-refractivity contribution in [3.63, 3.8) is 0 Å². The molecule has 2 heterocycles. The average Bonchev–Trinajstić information content (AvgIpc) is 3.12. The number of thiophene rings is 1. The minimum absolute atomic E-state index is 0.0112. The van der Waals surface area contributed by atoms with Gasteiger partial charge in [0.05, 0.1) is 18.3 Å². The van der Waals surface area contributed by atoms with E-state index in [9.17, 15) is 9.18 Å². The first-order chi connectivity index (χ1) is 11.2. The molecule has 0 saturated heterocycles. The predicted molar refractivity (Wildman–Crippen MR) is 87.8 cm³/mol. The summed E-state index contributed by atoms with van der Waals surface area (Å²) >= 11 is 1.64. The molecule has 6 heteroatoms. The zero-order valence-corrected chi connectivity index (χ0v) is 13.2. The van der Waals surface area contributed by atoms with Crippen LogP contribution in [0.1, 0.15) is 16.9 Å². The van der Waals surface area contributed by atoms with Crippen LogP contribution in [0.3, 0.4) is 0 Å². The van der Waals surface area contributed by atoms with E-state index in [-0.39, 0.29) is 11.4 Å². The molecule has 3 aromatic rings. The summed E-state index contributed by atoms with van der Waals surface area (Å²) in [6, 6.07) is 5.85. The van der Waals surface area contributed by atoms with Gasteiger partial charge in [0.2, 0.25) is 0 Å². The number of fused-ring (bicyclic) bond motifs is 3. The second-order valence-electron chi connectivity index (χ2n) is 5.58. The Labute approximate surface area is 136 Å². The first kappa shape index (κ1) is 14.4. The average molecular weight is 330 g/mol. The van der Waals surface area contributed by atoms with E-state index < -0.39 is 0 Å². The van der Waals surface area contributed by atoms with E-state index in [4.69, 9.17) is 4.74 Å².